The molecule has 2 rings (SSSR count). The van der Waals surface area contributed by atoms with Crippen LogP contribution in [0.25, 0.3) is 0 Å². The van der Waals surface area contributed by atoms with Crippen LogP contribution in [0.3, 0.4) is 0 Å². The predicted molar refractivity (Wildman–Crippen MR) is 70.8 cm³/mol. The van der Waals surface area contributed by atoms with Gasteiger partial charge in [-0.05, 0) is 31.5 Å². The molecule has 1 atom stereocenters. The first-order valence-electron chi connectivity index (χ1n) is 6.38. The van der Waals surface area contributed by atoms with Crippen LogP contribution in [0.4, 0.5) is 5.69 Å². The van der Waals surface area contributed by atoms with Gasteiger partial charge < -0.3 is 5.32 Å². The Balaban J connectivity index is 2.10. The fourth-order valence-electron chi connectivity index (χ4n) is 2.12. The van der Waals surface area contributed by atoms with Crippen molar-refractivity contribution in [1.29, 1.82) is 0 Å². The normalized spacial score (nSPS) is 15.2. The van der Waals surface area contributed by atoms with Crippen molar-refractivity contribution >= 4 is 17.5 Å². The average Bonchev–Trinajstić information content (AvgIpc) is 2.62. The standard InChI is InChI=1S/C14H18N2O2/c1-3-4-5-9(2)15-10-6-7-11-12(8-10)14(18)16-13(11)17/h6-9,15H,3-5H2,1-2H3,(H,16,17,18). The second kappa shape index (κ2) is 5.21. The lowest BCUT2D eigenvalue weighted by Gasteiger charge is -2.15. The third kappa shape index (κ3) is 2.53. The van der Waals surface area contributed by atoms with Gasteiger partial charge in [-0.2, -0.15) is 0 Å². The molecule has 1 unspecified atom stereocenters. The van der Waals surface area contributed by atoms with E-state index in [0.29, 0.717) is 17.2 Å². The van der Waals surface area contributed by atoms with Gasteiger partial charge in [-0.1, -0.05) is 19.8 Å². The van der Waals surface area contributed by atoms with Crippen LogP contribution in [-0.2, 0) is 0 Å². The number of carbonyl (C=O) groups excluding carboxylic acids is 2. The molecule has 96 valence electrons. The smallest absolute Gasteiger partial charge is 0.259 e. The van der Waals surface area contributed by atoms with Gasteiger partial charge in [0, 0.05) is 11.7 Å². The monoisotopic (exact) mass is 246 g/mol. The number of rotatable bonds is 5. The summed E-state index contributed by atoms with van der Waals surface area (Å²) in [5.41, 5.74) is 1.82. The Morgan fingerprint density at radius 1 is 1.22 bits per heavy atom. The number of imide groups is 1. The van der Waals surface area contributed by atoms with Gasteiger partial charge in [-0.15, -0.1) is 0 Å². The fourth-order valence-corrected chi connectivity index (χ4v) is 2.12. The van der Waals surface area contributed by atoms with Gasteiger partial charge in [0.1, 0.15) is 0 Å². The zero-order chi connectivity index (χ0) is 13.1. The molecule has 1 heterocycles. The lowest BCUT2D eigenvalue weighted by molar-refractivity contribution is 0.0879. The van der Waals surface area contributed by atoms with Crippen molar-refractivity contribution in [2.24, 2.45) is 0 Å². The van der Waals surface area contributed by atoms with Crippen molar-refractivity contribution in [3.8, 4) is 0 Å². The van der Waals surface area contributed by atoms with Crippen LogP contribution in [0.15, 0.2) is 18.2 Å². The van der Waals surface area contributed by atoms with Crippen LogP contribution in [0.1, 0.15) is 53.8 Å². The first-order valence-corrected chi connectivity index (χ1v) is 6.38. The molecule has 18 heavy (non-hydrogen) atoms. The van der Waals surface area contributed by atoms with Crippen LogP contribution >= 0.6 is 0 Å². The molecule has 4 nitrogen and oxygen atoms in total. The van der Waals surface area contributed by atoms with E-state index in [1.807, 2.05) is 6.07 Å². The number of hydrogen-bond acceptors (Lipinski definition) is 3. The number of fused-ring (bicyclic) bond motifs is 1. The molecule has 4 heteroatoms. The highest BCUT2D eigenvalue weighted by atomic mass is 16.2. The van der Waals surface area contributed by atoms with Crippen molar-refractivity contribution in [2.75, 3.05) is 5.32 Å². The van der Waals surface area contributed by atoms with Crippen molar-refractivity contribution in [2.45, 2.75) is 39.2 Å². The Morgan fingerprint density at radius 2 is 1.94 bits per heavy atom. The third-order valence-electron chi connectivity index (χ3n) is 3.14. The van der Waals surface area contributed by atoms with E-state index in [1.54, 1.807) is 12.1 Å². The quantitative estimate of drug-likeness (QED) is 0.785. The zero-order valence-electron chi connectivity index (χ0n) is 10.7. The first-order chi connectivity index (χ1) is 8.61. The number of amides is 2. The van der Waals surface area contributed by atoms with Crippen LogP contribution < -0.4 is 10.6 Å². The number of benzene rings is 1. The van der Waals surface area contributed by atoms with E-state index in [4.69, 9.17) is 0 Å². The summed E-state index contributed by atoms with van der Waals surface area (Å²) in [6.45, 7) is 4.28. The van der Waals surface area contributed by atoms with E-state index in [0.717, 1.165) is 12.1 Å². The van der Waals surface area contributed by atoms with Crippen molar-refractivity contribution in [1.82, 2.24) is 5.32 Å². The van der Waals surface area contributed by atoms with Gasteiger partial charge in [0.15, 0.2) is 0 Å². The van der Waals surface area contributed by atoms with Crippen LogP contribution in [0.5, 0.6) is 0 Å². The highest BCUT2D eigenvalue weighted by Crippen LogP contribution is 2.21. The fraction of sp³-hybridized carbons (Fsp3) is 0.429. The van der Waals surface area contributed by atoms with E-state index >= 15 is 0 Å². The number of nitrogens with one attached hydrogen (secondary N) is 2. The Morgan fingerprint density at radius 3 is 2.67 bits per heavy atom. The average molecular weight is 246 g/mol. The van der Waals surface area contributed by atoms with Crippen molar-refractivity contribution in [3.63, 3.8) is 0 Å². The molecule has 0 spiro atoms. The number of unbranched alkanes of at least 4 members (excludes halogenated alkanes) is 1. The maximum absolute atomic E-state index is 11.5. The van der Waals surface area contributed by atoms with Crippen molar-refractivity contribution < 1.29 is 9.59 Å². The summed E-state index contributed by atoms with van der Waals surface area (Å²) in [5.74, 6) is -0.611. The summed E-state index contributed by atoms with van der Waals surface area (Å²) in [4.78, 5) is 22.9. The molecule has 2 N–H and O–H groups in total. The second-order valence-corrected chi connectivity index (χ2v) is 4.73. The molecule has 1 aromatic rings. The number of hydrogen-bond donors (Lipinski definition) is 2. The lowest BCUT2D eigenvalue weighted by atomic mass is 10.1. The van der Waals surface area contributed by atoms with Gasteiger partial charge >= 0.3 is 0 Å². The number of anilines is 1. The first kappa shape index (κ1) is 12.6. The Labute approximate surface area is 107 Å². The van der Waals surface area contributed by atoms with E-state index in [1.165, 1.54) is 12.8 Å². The summed E-state index contributed by atoms with van der Waals surface area (Å²) in [5, 5.41) is 5.64. The van der Waals surface area contributed by atoms with Gasteiger partial charge in [0.05, 0.1) is 11.1 Å². The molecular formula is C14H18N2O2. The summed E-state index contributed by atoms with van der Waals surface area (Å²) in [6.07, 6.45) is 3.45. The molecule has 0 radical (unpaired) electrons. The van der Waals surface area contributed by atoms with E-state index in [-0.39, 0.29) is 11.8 Å². The molecule has 0 saturated heterocycles. The maximum Gasteiger partial charge on any atom is 0.259 e. The molecular weight excluding hydrogens is 228 g/mol. The Bertz CT molecular complexity index is 483. The Hall–Kier alpha value is -1.84. The van der Waals surface area contributed by atoms with Crippen LogP contribution in [-0.4, -0.2) is 17.9 Å². The highest BCUT2D eigenvalue weighted by molar-refractivity contribution is 6.21. The highest BCUT2D eigenvalue weighted by Gasteiger charge is 2.26. The molecule has 0 aliphatic carbocycles. The zero-order valence-corrected chi connectivity index (χ0v) is 10.7. The molecule has 2 amide bonds. The minimum Gasteiger partial charge on any atom is -0.383 e. The minimum absolute atomic E-state index is 0.305. The summed E-state index contributed by atoms with van der Waals surface area (Å²) in [6, 6.07) is 5.66. The van der Waals surface area contributed by atoms with Gasteiger partial charge in [-0.25, -0.2) is 0 Å². The SMILES string of the molecule is CCCCC(C)Nc1ccc2c(c1)C(=O)NC2=O. The van der Waals surface area contributed by atoms with Crippen LogP contribution in [0, 0.1) is 0 Å². The molecule has 0 fully saturated rings. The maximum atomic E-state index is 11.5. The van der Waals surface area contributed by atoms with E-state index < -0.39 is 0 Å². The Kier molecular flexibility index (Phi) is 3.65. The molecule has 1 aliphatic rings. The van der Waals surface area contributed by atoms with Crippen molar-refractivity contribution in [3.05, 3.63) is 29.3 Å². The van der Waals surface area contributed by atoms with E-state index in [9.17, 15) is 9.59 Å². The molecule has 0 bridgehead atoms. The predicted octanol–water partition coefficient (Wildman–Crippen LogP) is 2.56. The minimum atomic E-state index is -0.306. The molecule has 0 saturated carbocycles. The van der Waals surface area contributed by atoms with Gasteiger partial charge in [-0.3, -0.25) is 14.9 Å². The van der Waals surface area contributed by atoms with E-state index in [2.05, 4.69) is 24.5 Å². The van der Waals surface area contributed by atoms with Crippen LogP contribution in [0.2, 0.25) is 0 Å². The molecule has 0 aromatic heterocycles. The second-order valence-electron chi connectivity index (χ2n) is 4.73. The summed E-state index contributed by atoms with van der Waals surface area (Å²) in [7, 11) is 0. The molecule has 1 aromatic carbocycles. The molecule has 1 aliphatic heterocycles. The van der Waals surface area contributed by atoms with Gasteiger partial charge in [0.2, 0.25) is 0 Å². The lowest BCUT2D eigenvalue weighted by Crippen LogP contribution is -2.19. The third-order valence-corrected chi connectivity index (χ3v) is 3.14. The topological polar surface area (TPSA) is 58.2 Å². The largest absolute Gasteiger partial charge is 0.383 e. The van der Waals surface area contributed by atoms with Gasteiger partial charge in [0.25, 0.3) is 11.8 Å². The summed E-state index contributed by atoms with van der Waals surface area (Å²) < 4.78 is 0. The summed E-state index contributed by atoms with van der Waals surface area (Å²) >= 11 is 0. The number of carbonyl (C=O) groups is 2.